The second-order valence-electron chi connectivity index (χ2n) is 3.11. The number of hydrogen-bond donors (Lipinski definition) is 1. The molecule has 5 nitrogen and oxygen atoms in total. The molecule has 1 unspecified atom stereocenters. The van der Waals surface area contributed by atoms with E-state index in [0.717, 1.165) is 13.0 Å². The highest BCUT2D eigenvalue weighted by Gasteiger charge is 2.15. The van der Waals surface area contributed by atoms with Gasteiger partial charge in [0, 0.05) is 12.7 Å². The molecule has 0 aromatic carbocycles. The maximum absolute atomic E-state index is 8.63. The molecule has 1 N–H and O–H groups in total. The van der Waals surface area contributed by atoms with E-state index >= 15 is 0 Å². The van der Waals surface area contributed by atoms with Gasteiger partial charge in [0.25, 0.3) is 0 Å². The molecular weight excluding hydrogens is 180 g/mol. The van der Waals surface area contributed by atoms with Crippen LogP contribution in [0.1, 0.15) is 12.1 Å². The maximum Gasteiger partial charge on any atom is 0.145 e. The van der Waals surface area contributed by atoms with Crippen LogP contribution in [0.4, 0.5) is 5.82 Å². The minimum atomic E-state index is 0.302. The van der Waals surface area contributed by atoms with Crippen LogP contribution in [0, 0.1) is 11.3 Å². The van der Waals surface area contributed by atoms with Crippen LogP contribution in [0.25, 0.3) is 0 Å². The van der Waals surface area contributed by atoms with Gasteiger partial charge < -0.3 is 10.1 Å². The van der Waals surface area contributed by atoms with Gasteiger partial charge in [-0.3, -0.25) is 0 Å². The van der Waals surface area contributed by atoms with E-state index in [-0.39, 0.29) is 0 Å². The first-order chi connectivity index (χ1) is 6.88. The van der Waals surface area contributed by atoms with Crippen molar-refractivity contribution in [1.29, 1.82) is 5.26 Å². The number of hydrogen-bond acceptors (Lipinski definition) is 5. The maximum atomic E-state index is 8.63. The van der Waals surface area contributed by atoms with Gasteiger partial charge in [0.15, 0.2) is 0 Å². The van der Waals surface area contributed by atoms with E-state index in [2.05, 4.69) is 15.3 Å². The zero-order valence-electron chi connectivity index (χ0n) is 7.60. The Morgan fingerprint density at radius 2 is 2.50 bits per heavy atom. The molecule has 0 aliphatic carbocycles. The van der Waals surface area contributed by atoms with E-state index in [1.807, 2.05) is 6.07 Å². The Hall–Kier alpha value is -1.67. The molecule has 1 aliphatic heterocycles. The Kier molecular flexibility index (Phi) is 2.56. The molecule has 0 amide bonds. The van der Waals surface area contributed by atoms with Gasteiger partial charge in [0.2, 0.25) is 0 Å². The number of anilines is 1. The van der Waals surface area contributed by atoms with Crippen LogP contribution in [0.3, 0.4) is 0 Å². The lowest BCUT2D eigenvalue weighted by molar-refractivity contribution is 0.195. The molecule has 0 radical (unpaired) electrons. The summed E-state index contributed by atoms with van der Waals surface area (Å²) in [6.45, 7) is 1.49. The molecule has 2 heterocycles. The van der Waals surface area contributed by atoms with Crippen molar-refractivity contribution in [3.63, 3.8) is 0 Å². The number of nitriles is 1. The molecule has 14 heavy (non-hydrogen) atoms. The number of ether oxygens (including phenoxy) is 1. The molecule has 5 heteroatoms. The van der Waals surface area contributed by atoms with Crippen molar-refractivity contribution < 1.29 is 4.74 Å². The van der Waals surface area contributed by atoms with E-state index in [1.54, 1.807) is 6.07 Å². The SMILES string of the molecule is N#Cc1cc(NC2CCOC2)ncn1. The standard InChI is InChI=1S/C9H10N4O/c10-4-8-3-9(12-6-11-8)13-7-1-2-14-5-7/h3,6-7H,1-2,5H2,(H,11,12,13). The minimum Gasteiger partial charge on any atom is -0.379 e. The summed E-state index contributed by atoms with van der Waals surface area (Å²) in [5.74, 6) is 0.687. The third-order valence-corrected chi connectivity index (χ3v) is 2.06. The van der Waals surface area contributed by atoms with Gasteiger partial charge in [-0.25, -0.2) is 9.97 Å². The number of aromatic nitrogens is 2. The van der Waals surface area contributed by atoms with Crippen molar-refractivity contribution in [3.05, 3.63) is 18.1 Å². The zero-order chi connectivity index (χ0) is 9.80. The molecule has 1 atom stereocenters. The molecule has 1 fully saturated rings. The lowest BCUT2D eigenvalue weighted by Gasteiger charge is -2.10. The fourth-order valence-electron chi connectivity index (χ4n) is 1.35. The molecule has 0 spiro atoms. The van der Waals surface area contributed by atoms with Crippen molar-refractivity contribution in [2.75, 3.05) is 18.5 Å². The van der Waals surface area contributed by atoms with E-state index in [1.165, 1.54) is 6.33 Å². The first-order valence-electron chi connectivity index (χ1n) is 4.45. The summed E-state index contributed by atoms with van der Waals surface area (Å²) in [6.07, 6.45) is 2.36. The molecule has 2 rings (SSSR count). The highest BCUT2D eigenvalue weighted by atomic mass is 16.5. The summed E-state index contributed by atoms with van der Waals surface area (Å²) in [5.41, 5.74) is 0.376. The van der Waals surface area contributed by atoms with Crippen LogP contribution in [0.15, 0.2) is 12.4 Å². The summed E-state index contributed by atoms with van der Waals surface area (Å²) in [7, 11) is 0. The second kappa shape index (κ2) is 4.03. The van der Waals surface area contributed by atoms with E-state index in [9.17, 15) is 0 Å². The van der Waals surface area contributed by atoms with Crippen molar-refractivity contribution in [3.8, 4) is 6.07 Å². The van der Waals surface area contributed by atoms with Crippen LogP contribution >= 0.6 is 0 Å². The minimum absolute atomic E-state index is 0.302. The van der Waals surface area contributed by atoms with Crippen molar-refractivity contribution in [2.24, 2.45) is 0 Å². The van der Waals surface area contributed by atoms with Crippen LogP contribution < -0.4 is 5.32 Å². The predicted octanol–water partition coefficient (Wildman–Crippen LogP) is 0.549. The molecule has 1 aromatic heterocycles. The van der Waals surface area contributed by atoms with Gasteiger partial charge >= 0.3 is 0 Å². The summed E-state index contributed by atoms with van der Waals surface area (Å²) >= 11 is 0. The Morgan fingerprint density at radius 1 is 1.57 bits per heavy atom. The molecule has 1 aromatic rings. The fourth-order valence-corrected chi connectivity index (χ4v) is 1.35. The van der Waals surface area contributed by atoms with Crippen molar-refractivity contribution in [1.82, 2.24) is 9.97 Å². The second-order valence-corrected chi connectivity index (χ2v) is 3.11. The number of nitrogens with one attached hydrogen (secondary N) is 1. The normalized spacial score (nSPS) is 20.4. The third-order valence-electron chi connectivity index (χ3n) is 2.06. The van der Waals surface area contributed by atoms with Gasteiger partial charge in [-0.1, -0.05) is 0 Å². The Morgan fingerprint density at radius 3 is 3.21 bits per heavy atom. The molecule has 1 aliphatic rings. The lowest BCUT2D eigenvalue weighted by atomic mass is 10.2. The average Bonchev–Trinajstić information content (AvgIpc) is 2.71. The molecule has 1 saturated heterocycles. The highest BCUT2D eigenvalue weighted by molar-refractivity contribution is 5.39. The first kappa shape index (κ1) is 8.91. The van der Waals surface area contributed by atoms with Crippen LogP contribution in [0.5, 0.6) is 0 Å². The van der Waals surface area contributed by atoms with E-state index in [0.29, 0.717) is 24.2 Å². The summed E-state index contributed by atoms with van der Waals surface area (Å²) < 4.78 is 5.21. The van der Waals surface area contributed by atoms with Crippen molar-refractivity contribution in [2.45, 2.75) is 12.5 Å². The first-order valence-corrected chi connectivity index (χ1v) is 4.45. The van der Waals surface area contributed by atoms with Gasteiger partial charge in [-0.05, 0) is 6.42 Å². The zero-order valence-corrected chi connectivity index (χ0v) is 7.60. The van der Waals surface area contributed by atoms with Crippen LogP contribution in [-0.2, 0) is 4.74 Å². The molecule has 0 saturated carbocycles. The lowest BCUT2D eigenvalue weighted by Crippen LogP contribution is -2.19. The van der Waals surface area contributed by atoms with Crippen LogP contribution in [-0.4, -0.2) is 29.2 Å². The van der Waals surface area contributed by atoms with E-state index < -0.39 is 0 Å². The Balaban J connectivity index is 2.05. The number of rotatable bonds is 2. The monoisotopic (exact) mass is 190 g/mol. The quantitative estimate of drug-likeness (QED) is 0.737. The van der Waals surface area contributed by atoms with Gasteiger partial charge in [0.1, 0.15) is 23.9 Å². The molecule has 72 valence electrons. The summed E-state index contributed by atoms with van der Waals surface area (Å²) in [5, 5.41) is 11.8. The topological polar surface area (TPSA) is 70.8 Å². The smallest absolute Gasteiger partial charge is 0.145 e. The fraction of sp³-hybridized carbons (Fsp3) is 0.444. The summed E-state index contributed by atoms with van der Waals surface area (Å²) in [4.78, 5) is 7.81. The Labute approximate surface area is 81.7 Å². The Bertz CT molecular complexity index is 354. The van der Waals surface area contributed by atoms with Gasteiger partial charge in [0.05, 0.1) is 12.6 Å². The van der Waals surface area contributed by atoms with Crippen molar-refractivity contribution >= 4 is 5.82 Å². The summed E-state index contributed by atoms with van der Waals surface area (Å²) in [6, 6.07) is 3.91. The van der Waals surface area contributed by atoms with Crippen LogP contribution in [0.2, 0.25) is 0 Å². The molecule has 0 bridgehead atoms. The largest absolute Gasteiger partial charge is 0.379 e. The van der Waals surface area contributed by atoms with Gasteiger partial charge in [-0.15, -0.1) is 0 Å². The third kappa shape index (κ3) is 1.98. The number of nitrogens with zero attached hydrogens (tertiary/aromatic N) is 3. The van der Waals surface area contributed by atoms with Gasteiger partial charge in [-0.2, -0.15) is 5.26 Å². The average molecular weight is 190 g/mol. The van der Waals surface area contributed by atoms with E-state index in [4.69, 9.17) is 10.00 Å². The highest BCUT2D eigenvalue weighted by Crippen LogP contribution is 2.11. The predicted molar refractivity (Wildman–Crippen MR) is 49.6 cm³/mol. The molecular formula is C9H10N4O.